The van der Waals surface area contributed by atoms with Gasteiger partial charge in [0.15, 0.2) is 0 Å². The van der Waals surface area contributed by atoms with Gasteiger partial charge >= 0.3 is 0 Å². The fourth-order valence-corrected chi connectivity index (χ4v) is 1.69. The Morgan fingerprint density at radius 2 is 2.16 bits per heavy atom. The van der Waals surface area contributed by atoms with E-state index < -0.39 is 0 Å². The van der Waals surface area contributed by atoms with E-state index in [9.17, 15) is 0 Å². The second-order valence-electron chi connectivity index (χ2n) is 4.22. The number of methoxy groups -OCH3 is 1. The average molecular weight is 262 g/mol. The van der Waals surface area contributed by atoms with Crippen LogP contribution in [0.1, 0.15) is 31.7 Å². The monoisotopic (exact) mass is 262 g/mol. The second-order valence-corrected chi connectivity index (χ2v) is 4.22. The third-order valence-corrected chi connectivity index (χ3v) is 2.78. The van der Waals surface area contributed by atoms with Crippen molar-refractivity contribution in [3.05, 3.63) is 23.8 Å². The minimum absolute atomic E-state index is 0.589. The molecular weight excluding hydrogens is 240 g/mol. The molecule has 1 aromatic rings. The lowest BCUT2D eigenvalue weighted by atomic mass is 10.2. The van der Waals surface area contributed by atoms with Crippen molar-refractivity contribution in [2.45, 2.75) is 32.7 Å². The van der Waals surface area contributed by atoms with Gasteiger partial charge in [-0.3, -0.25) is 0 Å². The van der Waals surface area contributed by atoms with Crippen LogP contribution in [0.2, 0.25) is 0 Å². The van der Waals surface area contributed by atoms with E-state index in [4.69, 9.17) is 14.7 Å². The first kappa shape index (κ1) is 15.3. The molecule has 0 unspecified atom stereocenters. The molecule has 1 aromatic carbocycles. The van der Waals surface area contributed by atoms with E-state index in [1.165, 1.54) is 0 Å². The van der Waals surface area contributed by atoms with Crippen molar-refractivity contribution in [1.29, 1.82) is 5.26 Å². The molecule has 104 valence electrons. The smallest absolute Gasteiger partial charge is 0.127 e. The molecule has 4 nitrogen and oxygen atoms in total. The highest BCUT2D eigenvalue weighted by atomic mass is 16.5. The van der Waals surface area contributed by atoms with Gasteiger partial charge in [0.25, 0.3) is 0 Å². The van der Waals surface area contributed by atoms with Gasteiger partial charge in [0.1, 0.15) is 11.5 Å². The van der Waals surface area contributed by atoms with E-state index >= 15 is 0 Å². The third kappa shape index (κ3) is 5.62. The molecule has 0 aliphatic rings. The van der Waals surface area contributed by atoms with Crippen molar-refractivity contribution in [3.63, 3.8) is 0 Å². The predicted octanol–water partition coefficient (Wildman–Crippen LogP) is 2.88. The standard InChI is InChI=1S/C15H22N2O2/c1-3-17-12-13-7-8-14(18-2)11-15(13)19-10-6-4-5-9-16/h7-8,11,17H,3-6,10,12H2,1-2H3. The number of hydrogen-bond acceptors (Lipinski definition) is 4. The maximum atomic E-state index is 8.48. The number of hydrogen-bond donors (Lipinski definition) is 1. The molecule has 0 saturated carbocycles. The number of nitrogens with zero attached hydrogens (tertiary/aromatic N) is 1. The van der Waals surface area contributed by atoms with Gasteiger partial charge < -0.3 is 14.8 Å². The van der Waals surface area contributed by atoms with Crippen LogP contribution in [0.25, 0.3) is 0 Å². The van der Waals surface area contributed by atoms with E-state index in [1.807, 2.05) is 18.2 Å². The number of unbranched alkanes of at least 4 members (excludes halogenated alkanes) is 2. The molecule has 0 atom stereocenters. The first-order valence-electron chi connectivity index (χ1n) is 6.69. The number of benzene rings is 1. The second kappa shape index (κ2) is 9.23. The molecule has 0 spiro atoms. The van der Waals surface area contributed by atoms with Crippen molar-refractivity contribution in [1.82, 2.24) is 5.32 Å². The predicted molar refractivity (Wildman–Crippen MR) is 75.3 cm³/mol. The van der Waals surface area contributed by atoms with Crippen molar-refractivity contribution < 1.29 is 9.47 Å². The van der Waals surface area contributed by atoms with Crippen molar-refractivity contribution >= 4 is 0 Å². The zero-order valence-electron chi connectivity index (χ0n) is 11.7. The van der Waals surface area contributed by atoms with Gasteiger partial charge in [0.05, 0.1) is 19.8 Å². The van der Waals surface area contributed by atoms with Gasteiger partial charge in [-0.05, 0) is 25.5 Å². The molecule has 0 fully saturated rings. The average Bonchev–Trinajstić information content (AvgIpc) is 2.45. The van der Waals surface area contributed by atoms with Gasteiger partial charge in [-0.1, -0.05) is 13.0 Å². The highest BCUT2D eigenvalue weighted by molar-refractivity contribution is 5.40. The minimum atomic E-state index is 0.589. The lowest BCUT2D eigenvalue weighted by molar-refractivity contribution is 0.301. The maximum absolute atomic E-state index is 8.48. The van der Waals surface area contributed by atoms with E-state index in [0.29, 0.717) is 13.0 Å². The van der Waals surface area contributed by atoms with Gasteiger partial charge in [-0.25, -0.2) is 0 Å². The van der Waals surface area contributed by atoms with E-state index in [1.54, 1.807) is 7.11 Å². The third-order valence-electron chi connectivity index (χ3n) is 2.78. The van der Waals surface area contributed by atoms with Crippen LogP contribution in [0.4, 0.5) is 0 Å². The summed E-state index contributed by atoms with van der Waals surface area (Å²) in [7, 11) is 1.65. The Hall–Kier alpha value is -1.73. The molecule has 1 rings (SSSR count). The summed E-state index contributed by atoms with van der Waals surface area (Å²) < 4.78 is 11.0. The quantitative estimate of drug-likeness (QED) is 0.695. The Morgan fingerprint density at radius 1 is 1.32 bits per heavy atom. The summed E-state index contributed by atoms with van der Waals surface area (Å²) in [5, 5.41) is 11.8. The van der Waals surface area contributed by atoms with Gasteiger partial charge in [0.2, 0.25) is 0 Å². The highest BCUT2D eigenvalue weighted by Gasteiger charge is 2.05. The largest absolute Gasteiger partial charge is 0.497 e. The van der Waals surface area contributed by atoms with Crippen molar-refractivity contribution in [2.75, 3.05) is 20.3 Å². The number of ether oxygens (including phenoxy) is 2. The van der Waals surface area contributed by atoms with Crippen LogP contribution >= 0.6 is 0 Å². The molecule has 0 aliphatic carbocycles. The van der Waals surface area contributed by atoms with Crippen LogP contribution in [-0.2, 0) is 6.54 Å². The van der Waals surface area contributed by atoms with Crippen LogP contribution in [0.15, 0.2) is 18.2 Å². The zero-order valence-corrected chi connectivity index (χ0v) is 11.7. The summed E-state index contributed by atoms with van der Waals surface area (Å²) in [5.74, 6) is 1.66. The van der Waals surface area contributed by atoms with Crippen molar-refractivity contribution in [2.24, 2.45) is 0 Å². The van der Waals surface area contributed by atoms with Crippen LogP contribution in [0.5, 0.6) is 11.5 Å². The molecule has 0 bridgehead atoms. The van der Waals surface area contributed by atoms with Crippen molar-refractivity contribution in [3.8, 4) is 17.6 Å². The molecule has 0 aromatic heterocycles. The molecule has 4 heteroatoms. The molecular formula is C15H22N2O2. The summed E-state index contributed by atoms with van der Waals surface area (Å²) in [6.07, 6.45) is 2.36. The molecule has 0 saturated heterocycles. The fraction of sp³-hybridized carbons (Fsp3) is 0.533. The first-order valence-corrected chi connectivity index (χ1v) is 6.69. The summed E-state index contributed by atoms with van der Waals surface area (Å²) in [6.45, 7) is 4.42. The van der Waals surface area contributed by atoms with Crippen LogP contribution in [0, 0.1) is 11.3 Å². The van der Waals surface area contributed by atoms with Gasteiger partial charge in [-0.15, -0.1) is 0 Å². The minimum Gasteiger partial charge on any atom is -0.497 e. The zero-order chi connectivity index (χ0) is 13.9. The van der Waals surface area contributed by atoms with E-state index in [2.05, 4.69) is 18.3 Å². The Balaban J connectivity index is 2.58. The molecule has 0 heterocycles. The first-order chi connectivity index (χ1) is 9.31. The Labute approximate surface area is 115 Å². The van der Waals surface area contributed by atoms with Crippen LogP contribution in [0.3, 0.4) is 0 Å². The summed E-state index contributed by atoms with van der Waals surface area (Å²) in [5.41, 5.74) is 1.13. The van der Waals surface area contributed by atoms with Crippen LogP contribution in [-0.4, -0.2) is 20.3 Å². The fourth-order valence-electron chi connectivity index (χ4n) is 1.69. The molecule has 0 amide bonds. The van der Waals surface area contributed by atoms with E-state index in [-0.39, 0.29) is 0 Å². The molecule has 1 N–H and O–H groups in total. The molecule has 0 radical (unpaired) electrons. The van der Waals surface area contributed by atoms with Gasteiger partial charge in [0, 0.05) is 24.6 Å². The Morgan fingerprint density at radius 3 is 2.84 bits per heavy atom. The van der Waals surface area contributed by atoms with E-state index in [0.717, 1.165) is 43.0 Å². The molecule has 0 aliphatic heterocycles. The lowest BCUT2D eigenvalue weighted by Crippen LogP contribution is -2.13. The maximum Gasteiger partial charge on any atom is 0.127 e. The topological polar surface area (TPSA) is 54.3 Å². The van der Waals surface area contributed by atoms with Crippen LogP contribution < -0.4 is 14.8 Å². The number of nitrogens with one attached hydrogen (secondary N) is 1. The summed E-state index contributed by atoms with van der Waals surface area (Å²) in [6, 6.07) is 8.01. The highest BCUT2D eigenvalue weighted by Crippen LogP contribution is 2.25. The lowest BCUT2D eigenvalue weighted by Gasteiger charge is -2.13. The Bertz CT molecular complexity index is 413. The Kier molecular flexibility index (Phi) is 7.45. The summed E-state index contributed by atoms with van der Waals surface area (Å²) in [4.78, 5) is 0. The SMILES string of the molecule is CCNCc1ccc(OC)cc1OCCCCC#N. The summed E-state index contributed by atoms with van der Waals surface area (Å²) >= 11 is 0. The number of nitriles is 1. The number of rotatable bonds is 9. The van der Waals surface area contributed by atoms with Gasteiger partial charge in [-0.2, -0.15) is 5.26 Å². The normalized spacial score (nSPS) is 9.95. The molecule has 19 heavy (non-hydrogen) atoms.